The minimum absolute atomic E-state index is 0.145. The molecule has 0 amide bonds. The van der Waals surface area contributed by atoms with Crippen molar-refractivity contribution in [3.63, 3.8) is 0 Å². The van der Waals surface area contributed by atoms with Gasteiger partial charge in [-0.1, -0.05) is 27.2 Å². The van der Waals surface area contributed by atoms with Crippen LogP contribution in [0, 0.1) is 11.3 Å². The molecule has 1 aliphatic rings. The fraction of sp³-hybridized carbons (Fsp3) is 0.923. The molecule has 0 radical (unpaired) electrons. The zero-order valence-electron chi connectivity index (χ0n) is 11.6. The first-order valence-electron chi connectivity index (χ1n) is 6.33. The number of rotatable bonds is 3. The van der Waals surface area contributed by atoms with E-state index in [1.54, 1.807) is 0 Å². The van der Waals surface area contributed by atoms with E-state index in [1.807, 2.05) is 20.8 Å². The minimum Gasteiger partial charge on any atom is -0.414 e. The number of carbonyl (C=O) groups excluding carboxylic acids is 1. The molecule has 0 saturated heterocycles. The molecular formula is C13H26O2Si. The molecule has 1 aliphatic carbocycles. The van der Waals surface area contributed by atoms with Crippen molar-refractivity contribution >= 4 is 14.1 Å². The monoisotopic (exact) mass is 242 g/mol. The molecule has 0 aromatic carbocycles. The van der Waals surface area contributed by atoms with Crippen LogP contribution in [0.25, 0.3) is 0 Å². The molecule has 1 fully saturated rings. The second-order valence-corrected chi connectivity index (χ2v) is 11.4. The van der Waals surface area contributed by atoms with Crippen molar-refractivity contribution in [3.8, 4) is 0 Å². The maximum Gasteiger partial charge on any atom is 0.184 e. The van der Waals surface area contributed by atoms with Gasteiger partial charge in [0.15, 0.2) is 8.32 Å². The van der Waals surface area contributed by atoms with Gasteiger partial charge < -0.3 is 4.43 Å². The first-order chi connectivity index (χ1) is 7.11. The Labute approximate surface area is 101 Å². The highest BCUT2D eigenvalue weighted by Gasteiger charge is 2.40. The average Bonchev–Trinajstić information content (AvgIpc) is 2.46. The van der Waals surface area contributed by atoms with Crippen LogP contribution in [0.3, 0.4) is 0 Å². The van der Waals surface area contributed by atoms with Gasteiger partial charge in [0.05, 0.1) is 6.10 Å². The van der Waals surface area contributed by atoms with Gasteiger partial charge in [0, 0.05) is 11.3 Å². The van der Waals surface area contributed by atoms with E-state index in [-0.39, 0.29) is 17.4 Å². The predicted molar refractivity (Wildman–Crippen MR) is 70.0 cm³/mol. The number of ketones is 1. The highest BCUT2D eigenvalue weighted by molar-refractivity contribution is 6.69. The summed E-state index contributed by atoms with van der Waals surface area (Å²) in [6, 6.07) is 0. The highest BCUT2D eigenvalue weighted by atomic mass is 28.4. The Kier molecular flexibility index (Phi) is 4.01. The van der Waals surface area contributed by atoms with Crippen molar-refractivity contribution in [1.82, 2.24) is 0 Å². The van der Waals surface area contributed by atoms with E-state index in [4.69, 9.17) is 4.43 Å². The van der Waals surface area contributed by atoms with E-state index < -0.39 is 8.32 Å². The van der Waals surface area contributed by atoms with Crippen LogP contribution < -0.4 is 0 Å². The molecule has 0 N–H and O–H groups in total. The zero-order chi connectivity index (χ0) is 12.6. The summed E-state index contributed by atoms with van der Waals surface area (Å²) in [5.41, 5.74) is -0.226. The Morgan fingerprint density at radius 1 is 1.19 bits per heavy atom. The lowest BCUT2D eigenvalue weighted by molar-refractivity contribution is -0.132. The van der Waals surface area contributed by atoms with Gasteiger partial charge >= 0.3 is 0 Å². The standard InChI is InChI=1S/C13H26O2Si/c1-13(2,3)12(14)10-8-7-9-11(10)15-16(4,5)6/h10-11H,7-9H2,1-6H3/t10-,11+/m0/s1. The molecule has 94 valence electrons. The van der Waals surface area contributed by atoms with E-state index >= 15 is 0 Å². The van der Waals surface area contributed by atoms with Gasteiger partial charge in [-0.15, -0.1) is 0 Å². The van der Waals surface area contributed by atoms with Gasteiger partial charge in [0.1, 0.15) is 5.78 Å². The summed E-state index contributed by atoms with van der Waals surface area (Å²) in [7, 11) is -1.52. The van der Waals surface area contributed by atoms with Crippen molar-refractivity contribution < 1.29 is 9.22 Å². The van der Waals surface area contributed by atoms with Crippen LogP contribution in [0.2, 0.25) is 19.6 Å². The smallest absolute Gasteiger partial charge is 0.184 e. The van der Waals surface area contributed by atoms with E-state index in [0.717, 1.165) is 19.3 Å². The minimum atomic E-state index is -1.52. The molecule has 0 heterocycles. The van der Waals surface area contributed by atoms with Crippen LogP contribution >= 0.6 is 0 Å². The lowest BCUT2D eigenvalue weighted by atomic mass is 9.81. The summed E-state index contributed by atoms with van der Waals surface area (Å²) in [6.07, 6.45) is 3.42. The van der Waals surface area contributed by atoms with Crippen LogP contribution in [0.4, 0.5) is 0 Å². The Balaban J connectivity index is 2.70. The van der Waals surface area contributed by atoms with Crippen LogP contribution in [0.1, 0.15) is 40.0 Å². The Hall–Kier alpha value is -0.153. The Morgan fingerprint density at radius 2 is 1.75 bits per heavy atom. The lowest BCUT2D eigenvalue weighted by Crippen LogP contribution is -2.39. The maximum atomic E-state index is 12.3. The lowest BCUT2D eigenvalue weighted by Gasteiger charge is -2.30. The van der Waals surface area contributed by atoms with Crippen molar-refractivity contribution in [2.24, 2.45) is 11.3 Å². The summed E-state index contributed by atoms with van der Waals surface area (Å²) in [5.74, 6) is 0.528. The van der Waals surface area contributed by atoms with Gasteiger partial charge in [0.2, 0.25) is 0 Å². The SMILES string of the molecule is CC(C)(C)C(=O)[C@H]1CCC[C@H]1O[Si](C)(C)C. The fourth-order valence-corrected chi connectivity index (χ4v) is 3.57. The van der Waals surface area contributed by atoms with Crippen molar-refractivity contribution in [2.45, 2.75) is 65.8 Å². The van der Waals surface area contributed by atoms with E-state index in [0.29, 0.717) is 5.78 Å². The quantitative estimate of drug-likeness (QED) is 0.707. The highest BCUT2D eigenvalue weighted by Crippen LogP contribution is 2.35. The summed E-state index contributed by atoms with van der Waals surface area (Å²) in [4.78, 5) is 12.3. The second-order valence-electron chi connectivity index (χ2n) is 6.92. The molecule has 0 spiro atoms. The largest absolute Gasteiger partial charge is 0.414 e. The molecular weight excluding hydrogens is 216 g/mol. The molecule has 0 unspecified atom stereocenters. The van der Waals surface area contributed by atoms with Crippen LogP contribution in [0.5, 0.6) is 0 Å². The third-order valence-corrected chi connectivity index (χ3v) is 4.04. The van der Waals surface area contributed by atoms with Crippen LogP contribution in [0.15, 0.2) is 0 Å². The normalized spacial score (nSPS) is 27.1. The van der Waals surface area contributed by atoms with Crippen molar-refractivity contribution in [1.29, 1.82) is 0 Å². The average molecular weight is 242 g/mol. The van der Waals surface area contributed by atoms with Gasteiger partial charge in [-0.05, 0) is 32.5 Å². The number of hydrogen-bond acceptors (Lipinski definition) is 2. The molecule has 0 aliphatic heterocycles. The number of hydrogen-bond donors (Lipinski definition) is 0. The molecule has 1 rings (SSSR count). The number of carbonyl (C=O) groups is 1. The maximum absolute atomic E-state index is 12.3. The number of Topliss-reactive ketones (excluding diaryl/α,β-unsaturated/α-hetero) is 1. The summed E-state index contributed by atoms with van der Waals surface area (Å²) in [5, 5.41) is 0. The second kappa shape index (κ2) is 4.61. The third-order valence-electron chi connectivity index (χ3n) is 3.03. The Morgan fingerprint density at radius 3 is 2.19 bits per heavy atom. The first kappa shape index (κ1) is 13.9. The molecule has 0 aromatic heterocycles. The van der Waals surface area contributed by atoms with Crippen molar-refractivity contribution in [3.05, 3.63) is 0 Å². The van der Waals surface area contributed by atoms with Crippen molar-refractivity contribution in [2.75, 3.05) is 0 Å². The fourth-order valence-electron chi connectivity index (χ4n) is 2.38. The Bertz CT molecular complexity index is 260. The van der Waals surface area contributed by atoms with Crippen LogP contribution in [-0.2, 0) is 9.22 Å². The van der Waals surface area contributed by atoms with Gasteiger partial charge in [-0.3, -0.25) is 4.79 Å². The molecule has 3 heteroatoms. The molecule has 16 heavy (non-hydrogen) atoms. The van der Waals surface area contributed by atoms with E-state index in [9.17, 15) is 4.79 Å². The van der Waals surface area contributed by atoms with E-state index in [2.05, 4.69) is 19.6 Å². The van der Waals surface area contributed by atoms with Gasteiger partial charge in [-0.25, -0.2) is 0 Å². The third kappa shape index (κ3) is 3.70. The predicted octanol–water partition coefficient (Wildman–Crippen LogP) is 3.62. The topological polar surface area (TPSA) is 26.3 Å². The zero-order valence-corrected chi connectivity index (χ0v) is 12.6. The molecule has 0 aromatic rings. The molecule has 0 bridgehead atoms. The van der Waals surface area contributed by atoms with Gasteiger partial charge in [-0.2, -0.15) is 0 Å². The van der Waals surface area contributed by atoms with E-state index in [1.165, 1.54) is 0 Å². The first-order valence-corrected chi connectivity index (χ1v) is 9.74. The summed E-state index contributed by atoms with van der Waals surface area (Å²) < 4.78 is 6.15. The molecule has 2 atom stereocenters. The van der Waals surface area contributed by atoms with Crippen LogP contribution in [-0.4, -0.2) is 20.2 Å². The summed E-state index contributed by atoms with van der Waals surface area (Å²) >= 11 is 0. The molecule has 2 nitrogen and oxygen atoms in total. The van der Waals surface area contributed by atoms with Gasteiger partial charge in [0.25, 0.3) is 0 Å². The summed E-state index contributed by atoms with van der Waals surface area (Å²) in [6.45, 7) is 12.6. The molecule has 1 saturated carbocycles.